The van der Waals surface area contributed by atoms with Crippen molar-refractivity contribution in [1.82, 2.24) is 4.90 Å². The number of hydrogen-bond donors (Lipinski definition) is 1. The zero-order valence-electron chi connectivity index (χ0n) is 14.9. The molecule has 2 bridgehead atoms. The monoisotopic (exact) mass is 364 g/mol. The van der Waals surface area contributed by atoms with E-state index in [2.05, 4.69) is 17.5 Å². The first-order chi connectivity index (χ1) is 13.0. The first-order valence-corrected chi connectivity index (χ1v) is 9.40. The highest BCUT2D eigenvalue weighted by Crippen LogP contribution is 2.65. The first kappa shape index (κ1) is 16.4. The smallest absolute Gasteiger partial charge is 0.244 e. The van der Waals surface area contributed by atoms with Crippen molar-refractivity contribution in [2.24, 2.45) is 35.5 Å². The summed E-state index contributed by atoms with van der Waals surface area (Å²) in [5.74, 6) is -0.117. The van der Waals surface area contributed by atoms with Gasteiger partial charge in [-0.25, -0.2) is 0 Å². The van der Waals surface area contributed by atoms with E-state index in [4.69, 9.17) is 0 Å². The van der Waals surface area contributed by atoms with E-state index in [1.54, 1.807) is 24.3 Å². The van der Waals surface area contributed by atoms with Crippen LogP contribution in [0.25, 0.3) is 0 Å². The second kappa shape index (κ2) is 5.62. The molecule has 4 aliphatic carbocycles. The molecule has 6 atom stereocenters. The van der Waals surface area contributed by atoms with Crippen molar-refractivity contribution in [1.29, 1.82) is 0 Å². The zero-order valence-corrected chi connectivity index (χ0v) is 14.9. The number of hydrogen-bond acceptors (Lipinski definition) is 4. The number of nitrogens with one attached hydrogen (secondary N) is 1. The van der Waals surface area contributed by atoms with Gasteiger partial charge in [0.15, 0.2) is 5.78 Å². The lowest BCUT2D eigenvalue weighted by atomic mass is 9.63. The van der Waals surface area contributed by atoms with E-state index in [9.17, 15) is 19.2 Å². The number of likely N-dealkylation sites (tertiary alicyclic amines) is 1. The Labute approximate surface area is 156 Å². The Morgan fingerprint density at radius 2 is 1.70 bits per heavy atom. The number of carbonyl (C=O) groups is 4. The van der Waals surface area contributed by atoms with Crippen molar-refractivity contribution in [3.8, 4) is 0 Å². The maximum atomic E-state index is 12.9. The van der Waals surface area contributed by atoms with Crippen LogP contribution in [0.1, 0.15) is 23.7 Å². The first-order valence-electron chi connectivity index (χ1n) is 9.40. The molecule has 0 unspecified atom stereocenters. The van der Waals surface area contributed by atoms with Gasteiger partial charge < -0.3 is 5.32 Å². The number of ketones is 1. The molecule has 1 aliphatic heterocycles. The molecule has 1 N–H and O–H groups in total. The Morgan fingerprint density at radius 1 is 1.07 bits per heavy atom. The third kappa shape index (κ3) is 2.39. The van der Waals surface area contributed by atoms with Gasteiger partial charge in [-0.05, 0) is 49.1 Å². The maximum Gasteiger partial charge on any atom is 0.244 e. The Kier molecular flexibility index (Phi) is 3.41. The van der Waals surface area contributed by atoms with E-state index in [1.807, 2.05) is 0 Å². The van der Waals surface area contributed by atoms with Gasteiger partial charge in [0.2, 0.25) is 17.7 Å². The average Bonchev–Trinajstić information content (AvgIpc) is 3.43. The number of nitrogens with zero attached hydrogens (tertiary/aromatic N) is 1. The van der Waals surface area contributed by atoms with Crippen LogP contribution in [0, 0.1) is 35.5 Å². The number of amides is 3. The van der Waals surface area contributed by atoms with E-state index >= 15 is 0 Å². The summed E-state index contributed by atoms with van der Waals surface area (Å²) in [7, 11) is 0. The summed E-state index contributed by atoms with van der Waals surface area (Å²) >= 11 is 0. The van der Waals surface area contributed by atoms with Crippen LogP contribution in [0.15, 0.2) is 36.4 Å². The molecule has 1 saturated heterocycles. The minimum Gasteiger partial charge on any atom is -0.325 e. The van der Waals surface area contributed by atoms with Gasteiger partial charge >= 0.3 is 0 Å². The molecular weight excluding hydrogens is 344 g/mol. The molecule has 27 heavy (non-hydrogen) atoms. The molecule has 3 amide bonds. The maximum absolute atomic E-state index is 12.9. The lowest BCUT2D eigenvalue weighted by molar-refractivity contribution is -0.142. The molecule has 1 heterocycles. The molecule has 0 spiro atoms. The van der Waals surface area contributed by atoms with Gasteiger partial charge in [0.05, 0.1) is 11.8 Å². The normalized spacial score (nSPS) is 35.1. The van der Waals surface area contributed by atoms with Gasteiger partial charge in [0.25, 0.3) is 0 Å². The van der Waals surface area contributed by atoms with E-state index in [0.29, 0.717) is 23.1 Å². The highest BCUT2D eigenvalue weighted by atomic mass is 16.2. The second-order valence-corrected chi connectivity index (χ2v) is 8.10. The van der Waals surface area contributed by atoms with Gasteiger partial charge in [-0.3, -0.25) is 24.1 Å². The van der Waals surface area contributed by atoms with E-state index in [1.165, 1.54) is 6.92 Å². The molecule has 1 aromatic rings. The second-order valence-electron chi connectivity index (χ2n) is 8.10. The number of benzene rings is 1. The molecule has 6 rings (SSSR count). The van der Waals surface area contributed by atoms with Crippen molar-refractivity contribution >= 4 is 29.2 Å². The van der Waals surface area contributed by atoms with Crippen LogP contribution in [0.3, 0.4) is 0 Å². The predicted octanol–water partition coefficient (Wildman–Crippen LogP) is 1.88. The molecule has 6 heteroatoms. The fourth-order valence-electron chi connectivity index (χ4n) is 5.33. The van der Waals surface area contributed by atoms with Crippen molar-refractivity contribution in [3.63, 3.8) is 0 Å². The average molecular weight is 364 g/mol. The number of Topliss-reactive ketones (excluding diaryl/α,β-unsaturated/α-hetero) is 1. The van der Waals surface area contributed by atoms with E-state index in [-0.39, 0.29) is 47.8 Å². The summed E-state index contributed by atoms with van der Waals surface area (Å²) in [4.78, 5) is 50.8. The molecular formula is C21H20N2O4. The topological polar surface area (TPSA) is 83.6 Å². The van der Waals surface area contributed by atoms with Crippen molar-refractivity contribution in [2.75, 3.05) is 11.9 Å². The van der Waals surface area contributed by atoms with Crippen molar-refractivity contribution in [3.05, 3.63) is 42.0 Å². The molecule has 1 aromatic carbocycles. The SMILES string of the molecule is CC(=O)c1cccc(NC(=O)CN2C(=O)[C@@H]3[C@H]4C=C[C@H]([C@H]5C[C@H]45)[C@@H]3C2=O)c1. The minimum atomic E-state index is -0.429. The lowest BCUT2D eigenvalue weighted by Crippen LogP contribution is -2.40. The molecule has 0 radical (unpaired) electrons. The Bertz CT molecular complexity index is 885. The highest BCUT2D eigenvalue weighted by molar-refractivity contribution is 6.09. The number of anilines is 1. The number of imide groups is 1. The van der Waals surface area contributed by atoms with E-state index in [0.717, 1.165) is 11.3 Å². The molecule has 2 saturated carbocycles. The summed E-state index contributed by atoms with van der Waals surface area (Å²) in [5, 5.41) is 2.69. The van der Waals surface area contributed by atoms with Gasteiger partial charge in [-0.15, -0.1) is 0 Å². The Morgan fingerprint density at radius 3 is 2.30 bits per heavy atom. The van der Waals surface area contributed by atoms with Crippen LogP contribution >= 0.6 is 0 Å². The standard InChI is InChI=1S/C21H20N2O4/c1-10(24)11-3-2-4-12(7-11)22-17(25)9-23-20(26)18-13-5-6-14(16-8-15(13)16)19(18)21(23)27/h2-7,13-16,18-19H,8-9H2,1H3,(H,22,25)/t13-,14+,15-,16-,18+,19-/m1/s1. The van der Waals surface area contributed by atoms with Crippen LogP contribution in [-0.2, 0) is 14.4 Å². The quantitative estimate of drug-likeness (QED) is 0.502. The molecule has 5 aliphatic rings. The zero-order chi connectivity index (χ0) is 18.9. The third-order valence-electron chi connectivity index (χ3n) is 6.61. The number of rotatable bonds is 4. The third-order valence-corrected chi connectivity index (χ3v) is 6.61. The van der Waals surface area contributed by atoms with Gasteiger partial charge in [-0.1, -0.05) is 24.3 Å². The van der Waals surface area contributed by atoms with Crippen LogP contribution in [-0.4, -0.2) is 34.9 Å². The number of allylic oxidation sites excluding steroid dienone is 2. The van der Waals surface area contributed by atoms with Crippen molar-refractivity contribution in [2.45, 2.75) is 13.3 Å². The lowest BCUT2D eigenvalue weighted by Gasteiger charge is -2.37. The number of carbonyl (C=O) groups excluding carboxylic acids is 4. The van der Waals surface area contributed by atoms with E-state index < -0.39 is 5.91 Å². The summed E-state index contributed by atoms with van der Waals surface area (Å²) in [6.07, 6.45) is 5.34. The Hall–Kier alpha value is -2.76. The van der Waals surface area contributed by atoms with Crippen LogP contribution in [0.4, 0.5) is 5.69 Å². The van der Waals surface area contributed by atoms with Crippen molar-refractivity contribution < 1.29 is 19.2 Å². The fourth-order valence-corrected chi connectivity index (χ4v) is 5.33. The summed E-state index contributed by atoms with van der Waals surface area (Å²) in [6, 6.07) is 6.62. The van der Waals surface area contributed by atoms with Crippen LogP contribution in [0.5, 0.6) is 0 Å². The molecule has 3 fully saturated rings. The summed E-state index contributed by atoms with van der Waals surface area (Å²) in [6.45, 7) is 1.18. The Balaban J connectivity index is 1.31. The molecule has 138 valence electrons. The summed E-state index contributed by atoms with van der Waals surface area (Å²) in [5.41, 5.74) is 0.973. The van der Waals surface area contributed by atoms with Gasteiger partial charge in [0.1, 0.15) is 6.54 Å². The van der Waals surface area contributed by atoms with Gasteiger partial charge in [0, 0.05) is 11.3 Å². The highest BCUT2D eigenvalue weighted by Gasteiger charge is 2.67. The van der Waals surface area contributed by atoms with Gasteiger partial charge in [-0.2, -0.15) is 0 Å². The molecule has 6 nitrogen and oxygen atoms in total. The predicted molar refractivity (Wildman–Crippen MR) is 96.5 cm³/mol. The minimum absolute atomic E-state index is 0.0957. The fraction of sp³-hybridized carbons (Fsp3) is 0.429. The molecule has 0 aromatic heterocycles. The van der Waals surface area contributed by atoms with Crippen LogP contribution in [0.2, 0.25) is 0 Å². The summed E-state index contributed by atoms with van der Waals surface area (Å²) < 4.78 is 0. The van der Waals surface area contributed by atoms with Crippen LogP contribution < -0.4 is 5.32 Å². The largest absolute Gasteiger partial charge is 0.325 e.